The SMILES string of the molecule is CCC(CC)Nc1c([N+](=O)[O-])cc(C#N)c(C)c1[N+](=O)[O-]. The van der Waals surface area contributed by atoms with Crippen molar-refractivity contribution >= 4 is 17.1 Å². The zero-order valence-corrected chi connectivity index (χ0v) is 12.0. The molecule has 1 rings (SSSR count). The van der Waals surface area contributed by atoms with Crippen LogP contribution in [0.25, 0.3) is 0 Å². The second-order valence-electron chi connectivity index (χ2n) is 4.58. The van der Waals surface area contributed by atoms with Crippen LogP contribution in [0.15, 0.2) is 6.07 Å². The van der Waals surface area contributed by atoms with Crippen molar-refractivity contribution in [1.82, 2.24) is 0 Å². The van der Waals surface area contributed by atoms with Gasteiger partial charge in [0.1, 0.15) is 0 Å². The van der Waals surface area contributed by atoms with Gasteiger partial charge in [-0.3, -0.25) is 20.2 Å². The first kappa shape index (κ1) is 16.4. The van der Waals surface area contributed by atoms with E-state index in [4.69, 9.17) is 5.26 Å². The first-order chi connectivity index (χ1) is 9.87. The molecule has 0 saturated carbocycles. The van der Waals surface area contributed by atoms with Crippen molar-refractivity contribution in [2.75, 3.05) is 5.32 Å². The molecule has 0 spiro atoms. The van der Waals surface area contributed by atoms with E-state index in [-0.39, 0.29) is 22.9 Å². The summed E-state index contributed by atoms with van der Waals surface area (Å²) in [5, 5.41) is 34.3. The van der Waals surface area contributed by atoms with Gasteiger partial charge in [-0.2, -0.15) is 5.26 Å². The van der Waals surface area contributed by atoms with E-state index in [0.717, 1.165) is 6.07 Å². The molecule has 0 aliphatic carbocycles. The smallest absolute Gasteiger partial charge is 0.303 e. The Bertz CT molecular complexity index is 618. The summed E-state index contributed by atoms with van der Waals surface area (Å²) in [6, 6.07) is 2.72. The Balaban J connectivity index is 3.64. The van der Waals surface area contributed by atoms with Crippen LogP contribution in [0, 0.1) is 38.5 Å². The number of hydrogen-bond donors (Lipinski definition) is 1. The number of anilines is 1. The maximum Gasteiger partial charge on any atom is 0.303 e. The summed E-state index contributed by atoms with van der Waals surface area (Å²) in [5.41, 5.74) is -0.927. The first-order valence-electron chi connectivity index (χ1n) is 6.50. The van der Waals surface area contributed by atoms with Crippen molar-refractivity contribution in [1.29, 1.82) is 5.26 Å². The molecule has 21 heavy (non-hydrogen) atoms. The zero-order chi connectivity index (χ0) is 16.2. The molecule has 1 aromatic carbocycles. The van der Waals surface area contributed by atoms with Crippen LogP contribution in [0.5, 0.6) is 0 Å². The second-order valence-corrected chi connectivity index (χ2v) is 4.58. The molecule has 0 aliphatic heterocycles. The van der Waals surface area contributed by atoms with Crippen molar-refractivity contribution in [2.24, 2.45) is 0 Å². The Morgan fingerprint density at radius 1 is 1.29 bits per heavy atom. The summed E-state index contributed by atoms with van der Waals surface area (Å²) >= 11 is 0. The van der Waals surface area contributed by atoms with E-state index in [1.54, 1.807) is 6.07 Å². The highest BCUT2D eigenvalue weighted by Gasteiger charge is 2.31. The molecule has 0 heterocycles. The van der Waals surface area contributed by atoms with Crippen molar-refractivity contribution in [3.05, 3.63) is 37.4 Å². The molecule has 0 aliphatic rings. The molecule has 0 fully saturated rings. The quantitative estimate of drug-likeness (QED) is 0.634. The molecule has 8 heteroatoms. The van der Waals surface area contributed by atoms with Gasteiger partial charge in [0, 0.05) is 17.7 Å². The van der Waals surface area contributed by atoms with Crippen LogP contribution in [0.3, 0.4) is 0 Å². The van der Waals surface area contributed by atoms with E-state index in [9.17, 15) is 20.2 Å². The minimum absolute atomic E-state index is 0.0662. The summed E-state index contributed by atoms with van der Waals surface area (Å²) in [4.78, 5) is 21.0. The summed E-state index contributed by atoms with van der Waals surface area (Å²) in [6.45, 7) is 5.18. The lowest BCUT2D eigenvalue weighted by Crippen LogP contribution is -2.19. The molecule has 0 saturated heterocycles. The Hall–Kier alpha value is -2.69. The summed E-state index contributed by atoms with van der Waals surface area (Å²) in [6.07, 6.45) is 1.34. The molecule has 0 aromatic heterocycles. The van der Waals surface area contributed by atoms with Crippen LogP contribution >= 0.6 is 0 Å². The normalized spacial score (nSPS) is 10.2. The number of nitro groups is 2. The summed E-state index contributed by atoms with van der Waals surface area (Å²) in [7, 11) is 0. The molecule has 0 amide bonds. The highest BCUT2D eigenvalue weighted by molar-refractivity contribution is 5.79. The number of nitriles is 1. The van der Waals surface area contributed by atoms with Gasteiger partial charge in [0.05, 0.1) is 21.5 Å². The zero-order valence-electron chi connectivity index (χ0n) is 12.0. The maximum absolute atomic E-state index is 11.3. The van der Waals surface area contributed by atoms with Crippen LogP contribution in [-0.4, -0.2) is 15.9 Å². The average Bonchev–Trinajstić information content (AvgIpc) is 2.43. The Morgan fingerprint density at radius 3 is 2.24 bits per heavy atom. The van der Waals surface area contributed by atoms with Crippen molar-refractivity contribution in [3.63, 3.8) is 0 Å². The predicted molar refractivity (Wildman–Crippen MR) is 77.2 cm³/mol. The number of nitro benzene ring substituents is 2. The van der Waals surface area contributed by atoms with Gasteiger partial charge < -0.3 is 5.32 Å². The fourth-order valence-electron chi connectivity index (χ4n) is 2.08. The minimum atomic E-state index is -0.710. The summed E-state index contributed by atoms with van der Waals surface area (Å²) < 4.78 is 0. The number of benzene rings is 1. The molecular weight excluding hydrogens is 276 g/mol. The molecule has 8 nitrogen and oxygen atoms in total. The predicted octanol–water partition coefficient (Wildman–Crippen LogP) is 3.28. The lowest BCUT2D eigenvalue weighted by Gasteiger charge is -2.17. The maximum atomic E-state index is 11.3. The molecule has 0 bridgehead atoms. The van der Waals surface area contributed by atoms with Gasteiger partial charge in [0.25, 0.3) is 0 Å². The topological polar surface area (TPSA) is 122 Å². The van der Waals surface area contributed by atoms with Crippen LogP contribution in [0.4, 0.5) is 17.1 Å². The van der Waals surface area contributed by atoms with Gasteiger partial charge in [-0.1, -0.05) is 13.8 Å². The molecule has 1 N–H and O–H groups in total. The highest BCUT2D eigenvalue weighted by Crippen LogP contribution is 2.39. The van der Waals surface area contributed by atoms with Gasteiger partial charge in [-0.05, 0) is 19.8 Å². The number of nitrogens with zero attached hydrogens (tertiary/aromatic N) is 3. The largest absolute Gasteiger partial charge is 0.371 e. The van der Waals surface area contributed by atoms with Crippen LogP contribution in [0.1, 0.15) is 37.8 Å². The van der Waals surface area contributed by atoms with E-state index in [0.29, 0.717) is 12.8 Å². The van der Waals surface area contributed by atoms with Gasteiger partial charge in [0.2, 0.25) is 0 Å². The van der Waals surface area contributed by atoms with E-state index in [1.165, 1.54) is 6.92 Å². The second kappa shape index (κ2) is 6.65. The van der Waals surface area contributed by atoms with Crippen LogP contribution < -0.4 is 5.32 Å². The third-order valence-corrected chi connectivity index (χ3v) is 3.37. The van der Waals surface area contributed by atoms with E-state index >= 15 is 0 Å². The first-order valence-corrected chi connectivity index (χ1v) is 6.50. The Labute approximate surface area is 121 Å². The van der Waals surface area contributed by atoms with E-state index in [1.807, 2.05) is 13.8 Å². The standard InChI is InChI=1S/C13H16N4O4/c1-4-10(5-2)15-12-11(16(18)19)6-9(7-14)8(3)13(12)17(20)21/h6,10,15H,4-5H2,1-3H3. The lowest BCUT2D eigenvalue weighted by molar-refractivity contribution is -0.392. The monoisotopic (exact) mass is 292 g/mol. The fourth-order valence-corrected chi connectivity index (χ4v) is 2.08. The molecule has 0 radical (unpaired) electrons. The average molecular weight is 292 g/mol. The molecular formula is C13H16N4O4. The van der Waals surface area contributed by atoms with Crippen molar-refractivity contribution in [2.45, 2.75) is 39.7 Å². The van der Waals surface area contributed by atoms with Gasteiger partial charge in [-0.25, -0.2) is 0 Å². The molecule has 1 aromatic rings. The molecule has 0 atom stereocenters. The van der Waals surface area contributed by atoms with Crippen molar-refractivity contribution in [3.8, 4) is 6.07 Å². The Morgan fingerprint density at radius 2 is 1.86 bits per heavy atom. The van der Waals surface area contributed by atoms with E-state index < -0.39 is 21.2 Å². The number of nitrogens with one attached hydrogen (secondary N) is 1. The summed E-state index contributed by atoms with van der Waals surface area (Å²) in [5.74, 6) is 0. The van der Waals surface area contributed by atoms with Crippen LogP contribution in [0.2, 0.25) is 0 Å². The van der Waals surface area contributed by atoms with Gasteiger partial charge >= 0.3 is 11.4 Å². The molecule has 0 unspecified atom stereocenters. The van der Waals surface area contributed by atoms with Crippen LogP contribution in [-0.2, 0) is 0 Å². The number of rotatable bonds is 6. The minimum Gasteiger partial charge on any atom is -0.371 e. The lowest BCUT2D eigenvalue weighted by atomic mass is 10.0. The third kappa shape index (κ3) is 3.25. The fraction of sp³-hybridized carbons (Fsp3) is 0.462. The van der Waals surface area contributed by atoms with Gasteiger partial charge in [0.15, 0.2) is 5.69 Å². The van der Waals surface area contributed by atoms with Gasteiger partial charge in [-0.15, -0.1) is 0 Å². The highest BCUT2D eigenvalue weighted by atomic mass is 16.6. The van der Waals surface area contributed by atoms with E-state index in [2.05, 4.69) is 5.32 Å². The Kier molecular flexibility index (Phi) is 5.18. The molecule has 112 valence electrons. The van der Waals surface area contributed by atoms with Crippen molar-refractivity contribution < 1.29 is 9.85 Å². The number of hydrogen-bond acceptors (Lipinski definition) is 6. The third-order valence-electron chi connectivity index (χ3n) is 3.37.